The molecule has 1 aromatic carbocycles. The Kier molecular flexibility index (Phi) is 4.03. The first kappa shape index (κ1) is 14.1. The third-order valence-corrected chi connectivity index (χ3v) is 3.91. The molecule has 0 aliphatic carbocycles. The van der Waals surface area contributed by atoms with E-state index in [1.807, 2.05) is 35.7 Å². The lowest BCUT2D eigenvalue weighted by Crippen LogP contribution is -2.05. The van der Waals surface area contributed by atoms with Crippen LogP contribution in [0.4, 0.5) is 17.5 Å². The second kappa shape index (κ2) is 6.29. The minimum absolute atomic E-state index is 0.571. The molecule has 0 aliphatic heterocycles. The first-order chi connectivity index (χ1) is 10.8. The molecule has 108 valence electrons. The van der Waals surface area contributed by atoms with Crippen LogP contribution in [-0.4, -0.2) is 16.5 Å². The van der Waals surface area contributed by atoms with Crippen molar-refractivity contribution in [2.24, 2.45) is 0 Å². The first-order valence-electron chi connectivity index (χ1n) is 6.74. The van der Waals surface area contributed by atoms with Gasteiger partial charge in [0.05, 0.1) is 10.2 Å². The van der Waals surface area contributed by atoms with Gasteiger partial charge in [-0.1, -0.05) is 18.1 Å². The molecule has 0 amide bonds. The number of thiophene rings is 1. The summed E-state index contributed by atoms with van der Waals surface area (Å²) in [6.45, 7) is 4.30. The third kappa shape index (κ3) is 2.92. The van der Waals surface area contributed by atoms with Crippen LogP contribution in [-0.2, 0) is 0 Å². The van der Waals surface area contributed by atoms with Gasteiger partial charge in [0, 0.05) is 17.8 Å². The lowest BCUT2D eigenvalue weighted by Gasteiger charge is -2.09. The average Bonchev–Trinajstić information content (AvgIpc) is 3.02. The maximum Gasteiger partial charge on any atom is 0.225 e. The van der Waals surface area contributed by atoms with E-state index < -0.39 is 0 Å². The van der Waals surface area contributed by atoms with E-state index in [-0.39, 0.29) is 0 Å². The standard InChI is InChI=1S/C17H14N4S/c1-3-9-18-17-20-14-8-10-22-15(14)16(21-17)19-13-7-5-6-12(4-2)11-13/h2-3,5-8,10-11H,1,9H2,(H2,18,19,20,21). The zero-order valence-corrected chi connectivity index (χ0v) is 12.7. The van der Waals surface area contributed by atoms with Crippen molar-refractivity contribution in [1.29, 1.82) is 0 Å². The zero-order chi connectivity index (χ0) is 15.4. The van der Waals surface area contributed by atoms with Crippen molar-refractivity contribution in [3.8, 4) is 12.3 Å². The van der Waals surface area contributed by atoms with E-state index in [4.69, 9.17) is 6.42 Å². The van der Waals surface area contributed by atoms with Crippen molar-refractivity contribution in [1.82, 2.24) is 9.97 Å². The molecular formula is C17H14N4S. The van der Waals surface area contributed by atoms with Gasteiger partial charge in [0.1, 0.15) is 0 Å². The van der Waals surface area contributed by atoms with Crippen LogP contribution in [0.1, 0.15) is 5.56 Å². The topological polar surface area (TPSA) is 49.8 Å². The number of nitrogens with zero attached hydrogens (tertiary/aromatic N) is 2. The van der Waals surface area contributed by atoms with Crippen LogP contribution in [0.3, 0.4) is 0 Å². The van der Waals surface area contributed by atoms with E-state index in [1.165, 1.54) is 0 Å². The second-order valence-corrected chi connectivity index (χ2v) is 5.47. The van der Waals surface area contributed by atoms with Gasteiger partial charge in [-0.2, -0.15) is 4.98 Å². The van der Waals surface area contributed by atoms with E-state index in [9.17, 15) is 0 Å². The van der Waals surface area contributed by atoms with Crippen LogP contribution in [0.5, 0.6) is 0 Å². The number of hydrogen-bond donors (Lipinski definition) is 2. The van der Waals surface area contributed by atoms with E-state index in [0.29, 0.717) is 12.5 Å². The SMILES string of the molecule is C#Cc1cccc(Nc2nc(NCC=C)nc3ccsc23)c1. The lowest BCUT2D eigenvalue weighted by molar-refractivity contribution is 1.16. The fourth-order valence-corrected chi connectivity index (χ4v) is 2.79. The highest BCUT2D eigenvalue weighted by Crippen LogP contribution is 2.29. The minimum atomic E-state index is 0.571. The van der Waals surface area contributed by atoms with Crippen molar-refractivity contribution in [3.05, 3.63) is 53.9 Å². The van der Waals surface area contributed by atoms with Gasteiger partial charge in [-0.15, -0.1) is 24.3 Å². The van der Waals surface area contributed by atoms with Crippen molar-refractivity contribution in [3.63, 3.8) is 0 Å². The van der Waals surface area contributed by atoms with Crippen molar-refractivity contribution >= 4 is 39.0 Å². The maximum absolute atomic E-state index is 5.44. The third-order valence-electron chi connectivity index (χ3n) is 3.00. The van der Waals surface area contributed by atoms with E-state index in [2.05, 4.69) is 33.1 Å². The largest absolute Gasteiger partial charge is 0.351 e. The molecule has 0 aliphatic rings. The quantitative estimate of drug-likeness (QED) is 0.552. The Morgan fingerprint density at radius 2 is 2.23 bits per heavy atom. The number of rotatable bonds is 5. The highest BCUT2D eigenvalue weighted by atomic mass is 32.1. The number of terminal acetylenes is 1. The highest BCUT2D eigenvalue weighted by Gasteiger charge is 2.09. The van der Waals surface area contributed by atoms with Gasteiger partial charge in [0.25, 0.3) is 0 Å². The van der Waals surface area contributed by atoms with E-state index in [0.717, 1.165) is 27.3 Å². The predicted octanol–water partition coefficient (Wildman–Crippen LogP) is 4.01. The number of nitrogens with one attached hydrogen (secondary N) is 2. The molecular weight excluding hydrogens is 292 g/mol. The van der Waals surface area contributed by atoms with Gasteiger partial charge in [-0.3, -0.25) is 0 Å². The molecule has 2 N–H and O–H groups in total. The Morgan fingerprint density at radius 3 is 3.05 bits per heavy atom. The molecule has 0 spiro atoms. The molecule has 2 heterocycles. The fraction of sp³-hybridized carbons (Fsp3) is 0.0588. The summed E-state index contributed by atoms with van der Waals surface area (Å²) in [7, 11) is 0. The molecule has 0 radical (unpaired) electrons. The monoisotopic (exact) mass is 306 g/mol. The van der Waals surface area contributed by atoms with Gasteiger partial charge < -0.3 is 10.6 Å². The van der Waals surface area contributed by atoms with Crippen LogP contribution in [0.25, 0.3) is 10.2 Å². The summed E-state index contributed by atoms with van der Waals surface area (Å²) in [5.74, 6) is 3.97. The van der Waals surface area contributed by atoms with Gasteiger partial charge in [-0.05, 0) is 29.6 Å². The van der Waals surface area contributed by atoms with Gasteiger partial charge >= 0.3 is 0 Å². The average molecular weight is 306 g/mol. The molecule has 22 heavy (non-hydrogen) atoms. The van der Waals surface area contributed by atoms with Crippen molar-refractivity contribution < 1.29 is 0 Å². The summed E-state index contributed by atoms with van der Waals surface area (Å²) in [5.41, 5.74) is 2.63. The Balaban J connectivity index is 1.99. The normalized spacial score (nSPS) is 10.1. The molecule has 2 aromatic heterocycles. The predicted molar refractivity (Wildman–Crippen MR) is 93.8 cm³/mol. The van der Waals surface area contributed by atoms with Crippen LogP contribution in [0.15, 0.2) is 48.4 Å². The van der Waals surface area contributed by atoms with Gasteiger partial charge in [-0.25, -0.2) is 4.98 Å². The van der Waals surface area contributed by atoms with Crippen LogP contribution in [0, 0.1) is 12.3 Å². The van der Waals surface area contributed by atoms with E-state index >= 15 is 0 Å². The summed E-state index contributed by atoms with van der Waals surface area (Å²) >= 11 is 1.60. The van der Waals surface area contributed by atoms with E-state index in [1.54, 1.807) is 17.4 Å². The second-order valence-electron chi connectivity index (χ2n) is 4.55. The molecule has 3 aromatic rings. The lowest BCUT2D eigenvalue weighted by atomic mass is 10.2. The maximum atomic E-state index is 5.44. The molecule has 0 atom stereocenters. The fourth-order valence-electron chi connectivity index (χ4n) is 2.01. The summed E-state index contributed by atoms with van der Waals surface area (Å²) in [6, 6.07) is 9.66. The van der Waals surface area contributed by atoms with Crippen molar-refractivity contribution in [2.75, 3.05) is 17.2 Å². The summed E-state index contributed by atoms with van der Waals surface area (Å²) in [6.07, 6.45) is 7.21. The first-order valence-corrected chi connectivity index (χ1v) is 7.62. The Morgan fingerprint density at radius 1 is 1.32 bits per heavy atom. The number of fused-ring (bicyclic) bond motifs is 1. The smallest absolute Gasteiger partial charge is 0.225 e. The summed E-state index contributed by atoms with van der Waals surface area (Å²) in [4.78, 5) is 9.02. The molecule has 3 rings (SSSR count). The summed E-state index contributed by atoms with van der Waals surface area (Å²) < 4.78 is 1.01. The van der Waals surface area contributed by atoms with Gasteiger partial charge in [0.15, 0.2) is 5.82 Å². The Labute approximate surface area is 132 Å². The highest BCUT2D eigenvalue weighted by molar-refractivity contribution is 7.17. The number of benzene rings is 1. The molecule has 5 heteroatoms. The molecule has 4 nitrogen and oxygen atoms in total. The van der Waals surface area contributed by atoms with Crippen LogP contribution in [0.2, 0.25) is 0 Å². The molecule has 0 bridgehead atoms. The number of hydrogen-bond acceptors (Lipinski definition) is 5. The molecule has 0 fully saturated rings. The Hall–Kier alpha value is -2.84. The number of anilines is 3. The molecule has 0 unspecified atom stereocenters. The van der Waals surface area contributed by atoms with Gasteiger partial charge in [0.2, 0.25) is 5.95 Å². The minimum Gasteiger partial charge on any atom is -0.351 e. The molecule has 0 saturated heterocycles. The molecule has 0 saturated carbocycles. The summed E-state index contributed by atoms with van der Waals surface area (Å²) in [5, 5.41) is 8.44. The van der Waals surface area contributed by atoms with Crippen LogP contribution < -0.4 is 10.6 Å². The van der Waals surface area contributed by atoms with Crippen molar-refractivity contribution in [2.45, 2.75) is 0 Å². The Bertz CT molecular complexity index is 860. The van der Waals surface area contributed by atoms with Crippen LogP contribution >= 0.6 is 11.3 Å². The number of aromatic nitrogens is 2. The zero-order valence-electron chi connectivity index (χ0n) is 11.8.